The van der Waals surface area contributed by atoms with E-state index in [1.807, 2.05) is 0 Å². The highest BCUT2D eigenvalue weighted by atomic mass is 33.1. The average molecular weight is 234 g/mol. The number of hydrogen-bond acceptors (Lipinski definition) is 5. The van der Waals surface area contributed by atoms with Crippen LogP contribution >= 0.6 is 21.6 Å². The number of ketones is 1. The molecule has 0 aromatic carbocycles. The van der Waals surface area contributed by atoms with Gasteiger partial charge in [-0.3, -0.25) is 4.79 Å². The van der Waals surface area contributed by atoms with Gasteiger partial charge in [0.2, 0.25) is 0 Å². The van der Waals surface area contributed by atoms with Gasteiger partial charge in [0, 0.05) is 36.7 Å². The monoisotopic (exact) mass is 234 g/mol. The number of hydrogen-bond donors (Lipinski definition) is 2. The van der Waals surface area contributed by atoms with Gasteiger partial charge in [-0.05, 0) is 6.92 Å². The van der Waals surface area contributed by atoms with Gasteiger partial charge in [-0.2, -0.15) is 0 Å². The summed E-state index contributed by atoms with van der Waals surface area (Å²) in [6.07, 6.45) is 0. The molecule has 14 heavy (non-hydrogen) atoms. The third kappa shape index (κ3) is 8.62. The summed E-state index contributed by atoms with van der Waals surface area (Å²) in [5, 5.41) is 3.16. The molecule has 0 aliphatic rings. The Morgan fingerprint density at radius 3 is 2.64 bits per heavy atom. The number of nitrogens with two attached hydrogens (primary N) is 1. The van der Waals surface area contributed by atoms with Gasteiger partial charge in [0.25, 0.3) is 0 Å². The lowest BCUT2D eigenvalue weighted by molar-refractivity contribution is -0.113. The van der Waals surface area contributed by atoms with Crippen LogP contribution in [-0.2, 0) is 4.79 Å². The molecular formula is C9H18N2OS2. The summed E-state index contributed by atoms with van der Waals surface area (Å²) in [6, 6.07) is 0. The van der Waals surface area contributed by atoms with Crippen LogP contribution < -0.4 is 11.1 Å². The van der Waals surface area contributed by atoms with Gasteiger partial charge in [-0.25, -0.2) is 0 Å². The first-order valence-corrected chi connectivity index (χ1v) is 7.01. The molecule has 0 unspecified atom stereocenters. The summed E-state index contributed by atoms with van der Waals surface area (Å²) < 4.78 is 0. The molecule has 0 bridgehead atoms. The first-order chi connectivity index (χ1) is 6.68. The highest BCUT2D eigenvalue weighted by Crippen LogP contribution is 2.18. The molecular weight excluding hydrogens is 216 g/mol. The van der Waals surface area contributed by atoms with Crippen LogP contribution in [0.25, 0.3) is 0 Å². The van der Waals surface area contributed by atoms with E-state index in [1.54, 1.807) is 21.6 Å². The van der Waals surface area contributed by atoms with Gasteiger partial charge in [0.05, 0.1) is 0 Å². The van der Waals surface area contributed by atoms with E-state index >= 15 is 0 Å². The molecule has 0 saturated carbocycles. The van der Waals surface area contributed by atoms with Gasteiger partial charge in [-0.15, -0.1) is 0 Å². The second-order valence-electron chi connectivity index (χ2n) is 2.77. The molecule has 82 valence electrons. The molecule has 0 spiro atoms. The maximum Gasteiger partial charge on any atom is 0.156 e. The van der Waals surface area contributed by atoms with Crippen molar-refractivity contribution in [1.82, 2.24) is 5.32 Å². The minimum absolute atomic E-state index is 0.0580. The van der Waals surface area contributed by atoms with Crippen molar-refractivity contribution in [2.45, 2.75) is 6.92 Å². The number of nitrogens with one attached hydrogen (secondary N) is 1. The van der Waals surface area contributed by atoms with Crippen molar-refractivity contribution < 1.29 is 4.79 Å². The van der Waals surface area contributed by atoms with Crippen LogP contribution in [0.15, 0.2) is 12.2 Å². The molecule has 0 aliphatic carbocycles. The lowest BCUT2D eigenvalue weighted by atomic mass is 10.2. The van der Waals surface area contributed by atoms with Crippen molar-refractivity contribution in [3.63, 3.8) is 0 Å². The molecule has 0 atom stereocenters. The molecule has 3 N–H and O–H groups in total. The molecule has 0 aromatic heterocycles. The molecule has 0 saturated heterocycles. The molecule has 3 nitrogen and oxygen atoms in total. The van der Waals surface area contributed by atoms with Crippen molar-refractivity contribution in [1.29, 1.82) is 0 Å². The van der Waals surface area contributed by atoms with E-state index in [0.29, 0.717) is 12.1 Å². The number of carbonyl (C=O) groups excluding carboxylic acids is 1. The maximum absolute atomic E-state index is 10.8. The van der Waals surface area contributed by atoms with Crippen LogP contribution in [0.4, 0.5) is 0 Å². The second kappa shape index (κ2) is 9.58. The van der Waals surface area contributed by atoms with Gasteiger partial charge < -0.3 is 11.1 Å². The zero-order valence-corrected chi connectivity index (χ0v) is 10.2. The predicted molar refractivity (Wildman–Crippen MR) is 66.7 cm³/mol. The van der Waals surface area contributed by atoms with Crippen LogP contribution in [0.3, 0.4) is 0 Å². The minimum Gasteiger partial charge on any atom is -0.330 e. The molecule has 0 radical (unpaired) electrons. The van der Waals surface area contributed by atoms with Crippen LogP contribution in [0.2, 0.25) is 0 Å². The van der Waals surface area contributed by atoms with Gasteiger partial charge >= 0.3 is 0 Å². The second-order valence-corrected chi connectivity index (χ2v) is 5.47. The third-order valence-electron chi connectivity index (χ3n) is 1.48. The van der Waals surface area contributed by atoms with Crippen LogP contribution in [-0.4, -0.2) is 36.9 Å². The Morgan fingerprint density at radius 2 is 2.07 bits per heavy atom. The van der Waals surface area contributed by atoms with Crippen molar-refractivity contribution in [3.8, 4) is 0 Å². The Morgan fingerprint density at radius 1 is 1.43 bits per heavy atom. The van der Waals surface area contributed by atoms with E-state index < -0.39 is 0 Å². The third-order valence-corrected chi connectivity index (χ3v) is 3.92. The zero-order chi connectivity index (χ0) is 10.8. The normalized spacial score (nSPS) is 10.1. The molecule has 0 aliphatic heterocycles. The largest absolute Gasteiger partial charge is 0.330 e. The summed E-state index contributed by atoms with van der Waals surface area (Å²) in [5.41, 5.74) is 5.99. The van der Waals surface area contributed by atoms with E-state index in [4.69, 9.17) is 5.73 Å². The van der Waals surface area contributed by atoms with Crippen molar-refractivity contribution >= 4 is 27.4 Å². The standard InChI is InChI=1S/C9H18N2OS2/c1-8(9(2)12)7-11-4-6-14-13-5-3-10/h11H,1,3-7,10H2,2H3. The summed E-state index contributed by atoms with van der Waals surface area (Å²) in [6.45, 7) is 7.42. The molecule has 0 heterocycles. The summed E-state index contributed by atoms with van der Waals surface area (Å²) >= 11 is 0. The van der Waals surface area contributed by atoms with Crippen LogP contribution in [0.5, 0.6) is 0 Å². The van der Waals surface area contributed by atoms with Crippen molar-refractivity contribution in [3.05, 3.63) is 12.2 Å². The maximum atomic E-state index is 10.8. The van der Waals surface area contributed by atoms with E-state index in [-0.39, 0.29) is 5.78 Å². The van der Waals surface area contributed by atoms with Crippen molar-refractivity contribution in [2.75, 3.05) is 31.1 Å². The highest BCUT2D eigenvalue weighted by molar-refractivity contribution is 8.76. The Hall–Kier alpha value is 0.0300. The Kier molecular flexibility index (Phi) is 9.60. The summed E-state index contributed by atoms with van der Waals surface area (Å²) in [4.78, 5) is 10.8. The van der Waals surface area contributed by atoms with Gasteiger partial charge in [0.1, 0.15) is 0 Å². The molecule has 5 heteroatoms. The van der Waals surface area contributed by atoms with Crippen LogP contribution in [0.1, 0.15) is 6.92 Å². The van der Waals surface area contributed by atoms with Gasteiger partial charge in [0.15, 0.2) is 5.78 Å². The lowest BCUT2D eigenvalue weighted by Crippen LogP contribution is -2.21. The fourth-order valence-electron chi connectivity index (χ4n) is 0.644. The highest BCUT2D eigenvalue weighted by Gasteiger charge is 1.98. The fourth-order valence-corrected chi connectivity index (χ4v) is 2.45. The van der Waals surface area contributed by atoms with E-state index in [1.165, 1.54) is 6.92 Å². The van der Waals surface area contributed by atoms with Gasteiger partial charge in [-0.1, -0.05) is 28.2 Å². The first kappa shape index (κ1) is 14.0. The topological polar surface area (TPSA) is 55.1 Å². The Labute approximate surface area is 93.7 Å². The average Bonchev–Trinajstić information content (AvgIpc) is 2.16. The summed E-state index contributed by atoms with van der Waals surface area (Å²) in [7, 11) is 3.58. The zero-order valence-electron chi connectivity index (χ0n) is 8.54. The summed E-state index contributed by atoms with van der Waals surface area (Å²) in [5.74, 6) is 2.07. The van der Waals surface area contributed by atoms with Crippen molar-refractivity contribution in [2.24, 2.45) is 5.73 Å². The van der Waals surface area contributed by atoms with E-state index in [2.05, 4.69) is 11.9 Å². The lowest BCUT2D eigenvalue weighted by Gasteiger charge is -2.04. The smallest absolute Gasteiger partial charge is 0.156 e. The van der Waals surface area contributed by atoms with E-state index in [9.17, 15) is 4.79 Å². The minimum atomic E-state index is 0.0580. The molecule has 0 amide bonds. The Balaban J connectivity index is 3.13. The van der Waals surface area contributed by atoms with E-state index in [0.717, 1.165) is 24.6 Å². The first-order valence-electron chi connectivity index (χ1n) is 4.52. The molecule has 0 fully saturated rings. The SMILES string of the molecule is C=C(CNCCSSCCN)C(C)=O. The quantitative estimate of drug-likeness (QED) is 0.355. The predicted octanol–water partition coefficient (Wildman–Crippen LogP) is 1.06. The Bertz CT molecular complexity index is 186. The van der Waals surface area contributed by atoms with Crippen LogP contribution in [0, 0.1) is 0 Å². The molecule has 0 rings (SSSR count). The number of Topliss-reactive ketones (excluding diaryl/α,β-unsaturated/α-hetero) is 1. The number of rotatable bonds is 9. The molecule has 0 aromatic rings. The fraction of sp³-hybridized carbons (Fsp3) is 0.667. The number of carbonyl (C=O) groups is 1.